The van der Waals surface area contributed by atoms with Crippen LogP contribution < -0.4 is 17.0 Å². The van der Waals surface area contributed by atoms with Gasteiger partial charge in [-0.2, -0.15) is 0 Å². The lowest BCUT2D eigenvalue weighted by Crippen LogP contribution is -2.14. The fraction of sp³-hybridized carbons (Fsp3) is 0.200. The topological polar surface area (TPSA) is 97.8 Å². The zero-order valence-electron chi connectivity index (χ0n) is 5.29. The van der Waals surface area contributed by atoms with E-state index < -0.39 is 0 Å². The van der Waals surface area contributed by atoms with Gasteiger partial charge in [0.1, 0.15) is 11.6 Å². The molecule has 5 N–H and O–H groups in total. The molecule has 0 amide bonds. The van der Waals surface area contributed by atoms with Crippen LogP contribution >= 0.6 is 0 Å². The van der Waals surface area contributed by atoms with Crippen molar-refractivity contribution < 1.29 is 0 Å². The highest BCUT2D eigenvalue weighted by atomic mass is 16.1. The molecular formula is C5H8N4O. The monoisotopic (exact) mass is 140 g/mol. The molecule has 0 bridgehead atoms. The molecule has 0 aliphatic heterocycles. The molecule has 0 spiro atoms. The first-order valence-corrected chi connectivity index (χ1v) is 2.78. The molecule has 0 unspecified atom stereocenters. The Morgan fingerprint density at radius 3 is 2.90 bits per heavy atom. The van der Waals surface area contributed by atoms with Gasteiger partial charge in [0.2, 0.25) is 0 Å². The second-order valence-electron chi connectivity index (χ2n) is 1.82. The van der Waals surface area contributed by atoms with Crippen LogP contribution in [-0.2, 0) is 6.54 Å². The molecule has 10 heavy (non-hydrogen) atoms. The highest BCUT2D eigenvalue weighted by molar-refractivity contribution is 5.24. The number of nitrogens with one attached hydrogen (secondary N) is 1. The molecule has 0 radical (unpaired) electrons. The van der Waals surface area contributed by atoms with Crippen LogP contribution in [0.15, 0.2) is 10.9 Å². The van der Waals surface area contributed by atoms with Crippen LogP contribution in [0.1, 0.15) is 5.82 Å². The molecule has 0 saturated carbocycles. The SMILES string of the molecule is NCc1nc(N)cc(=O)[nH]1. The molecule has 0 aliphatic rings. The van der Waals surface area contributed by atoms with Crippen LogP contribution in [0.2, 0.25) is 0 Å². The van der Waals surface area contributed by atoms with Crippen molar-refractivity contribution in [2.75, 3.05) is 5.73 Å². The maximum absolute atomic E-state index is 10.6. The fourth-order valence-corrected chi connectivity index (χ4v) is 0.625. The van der Waals surface area contributed by atoms with Gasteiger partial charge in [-0.1, -0.05) is 0 Å². The summed E-state index contributed by atoms with van der Waals surface area (Å²) in [6.45, 7) is 0.195. The van der Waals surface area contributed by atoms with Gasteiger partial charge in [-0.3, -0.25) is 4.79 Å². The first-order valence-electron chi connectivity index (χ1n) is 2.78. The predicted octanol–water partition coefficient (Wildman–Crippen LogP) is -1.19. The summed E-state index contributed by atoms with van der Waals surface area (Å²) in [5.74, 6) is 0.606. The summed E-state index contributed by atoms with van der Waals surface area (Å²) in [4.78, 5) is 16.8. The van der Waals surface area contributed by atoms with E-state index in [1.165, 1.54) is 6.07 Å². The number of hydrogen-bond acceptors (Lipinski definition) is 4. The lowest BCUT2D eigenvalue weighted by molar-refractivity contribution is 0.898. The van der Waals surface area contributed by atoms with E-state index in [2.05, 4.69) is 9.97 Å². The quantitative estimate of drug-likeness (QED) is 0.457. The summed E-state index contributed by atoms with van der Waals surface area (Å²) in [6, 6.07) is 1.21. The number of nitrogens with two attached hydrogens (primary N) is 2. The van der Waals surface area contributed by atoms with Crippen molar-refractivity contribution in [3.8, 4) is 0 Å². The van der Waals surface area contributed by atoms with Crippen LogP contribution in [0, 0.1) is 0 Å². The Balaban J connectivity index is 3.19. The fourth-order valence-electron chi connectivity index (χ4n) is 0.625. The van der Waals surface area contributed by atoms with E-state index in [0.29, 0.717) is 5.82 Å². The molecule has 5 nitrogen and oxygen atoms in total. The second-order valence-corrected chi connectivity index (χ2v) is 1.82. The Morgan fingerprint density at radius 1 is 1.70 bits per heavy atom. The Labute approximate surface area is 57.1 Å². The van der Waals surface area contributed by atoms with Gasteiger partial charge in [0.05, 0.1) is 6.54 Å². The van der Waals surface area contributed by atoms with Gasteiger partial charge in [0.15, 0.2) is 0 Å². The number of H-pyrrole nitrogens is 1. The Bertz CT molecular complexity index is 279. The van der Waals surface area contributed by atoms with E-state index >= 15 is 0 Å². The molecule has 0 aliphatic carbocycles. The minimum atomic E-state index is -0.270. The summed E-state index contributed by atoms with van der Waals surface area (Å²) in [6.07, 6.45) is 0. The molecule has 1 aromatic heterocycles. The first kappa shape index (κ1) is 6.76. The minimum Gasteiger partial charge on any atom is -0.383 e. The highest BCUT2D eigenvalue weighted by Gasteiger charge is 1.93. The average molecular weight is 140 g/mol. The van der Waals surface area contributed by atoms with E-state index in [9.17, 15) is 4.79 Å². The van der Waals surface area contributed by atoms with E-state index in [4.69, 9.17) is 11.5 Å². The Kier molecular flexibility index (Phi) is 1.68. The zero-order chi connectivity index (χ0) is 7.56. The normalized spacial score (nSPS) is 9.70. The van der Waals surface area contributed by atoms with Gasteiger partial charge >= 0.3 is 0 Å². The Morgan fingerprint density at radius 2 is 2.40 bits per heavy atom. The number of hydrogen-bond donors (Lipinski definition) is 3. The minimum absolute atomic E-state index is 0.195. The molecular weight excluding hydrogens is 132 g/mol. The predicted molar refractivity (Wildman–Crippen MR) is 37.2 cm³/mol. The number of aromatic amines is 1. The van der Waals surface area contributed by atoms with Crippen molar-refractivity contribution in [3.05, 3.63) is 22.2 Å². The van der Waals surface area contributed by atoms with E-state index in [1.807, 2.05) is 0 Å². The average Bonchev–Trinajstić information content (AvgIpc) is 1.85. The number of rotatable bonds is 1. The smallest absolute Gasteiger partial charge is 0.253 e. The third-order valence-electron chi connectivity index (χ3n) is 1.00. The number of aromatic nitrogens is 2. The second kappa shape index (κ2) is 2.49. The summed E-state index contributed by atoms with van der Waals surface area (Å²) >= 11 is 0. The van der Waals surface area contributed by atoms with Gasteiger partial charge in [-0.25, -0.2) is 4.98 Å². The summed E-state index contributed by atoms with van der Waals surface area (Å²) in [7, 11) is 0. The zero-order valence-corrected chi connectivity index (χ0v) is 5.29. The summed E-state index contributed by atoms with van der Waals surface area (Å²) in [5, 5.41) is 0. The van der Waals surface area contributed by atoms with E-state index in [-0.39, 0.29) is 17.9 Å². The van der Waals surface area contributed by atoms with Crippen molar-refractivity contribution in [1.82, 2.24) is 9.97 Å². The molecule has 0 fully saturated rings. The molecule has 54 valence electrons. The van der Waals surface area contributed by atoms with Crippen LogP contribution in [0.25, 0.3) is 0 Å². The Hall–Kier alpha value is -1.36. The van der Waals surface area contributed by atoms with Crippen molar-refractivity contribution in [3.63, 3.8) is 0 Å². The van der Waals surface area contributed by atoms with Crippen molar-refractivity contribution in [2.45, 2.75) is 6.54 Å². The largest absolute Gasteiger partial charge is 0.383 e. The molecule has 1 heterocycles. The maximum Gasteiger partial charge on any atom is 0.253 e. The van der Waals surface area contributed by atoms with Gasteiger partial charge in [-0.05, 0) is 0 Å². The number of anilines is 1. The molecule has 1 rings (SSSR count). The number of nitrogens with zero attached hydrogens (tertiary/aromatic N) is 1. The van der Waals surface area contributed by atoms with Crippen LogP contribution in [-0.4, -0.2) is 9.97 Å². The van der Waals surface area contributed by atoms with Gasteiger partial charge in [-0.15, -0.1) is 0 Å². The van der Waals surface area contributed by atoms with Crippen LogP contribution in [0.4, 0.5) is 5.82 Å². The third kappa shape index (κ3) is 1.32. The first-order chi connectivity index (χ1) is 4.72. The molecule has 0 aromatic carbocycles. The lowest BCUT2D eigenvalue weighted by atomic mass is 10.5. The van der Waals surface area contributed by atoms with Gasteiger partial charge in [0, 0.05) is 6.07 Å². The van der Waals surface area contributed by atoms with Crippen LogP contribution in [0.5, 0.6) is 0 Å². The van der Waals surface area contributed by atoms with Crippen LogP contribution in [0.3, 0.4) is 0 Å². The standard InChI is InChI=1S/C5H8N4O/c6-2-4-8-3(7)1-5(10)9-4/h1H,2,6H2,(H3,7,8,9,10). The molecule has 1 aromatic rings. The highest BCUT2D eigenvalue weighted by Crippen LogP contribution is 1.89. The molecule has 5 heteroatoms. The van der Waals surface area contributed by atoms with E-state index in [0.717, 1.165) is 0 Å². The van der Waals surface area contributed by atoms with Crippen molar-refractivity contribution in [2.24, 2.45) is 5.73 Å². The summed E-state index contributed by atoms with van der Waals surface area (Å²) < 4.78 is 0. The third-order valence-corrected chi connectivity index (χ3v) is 1.00. The van der Waals surface area contributed by atoms with Crippen molar-refractivity contribution in [1.29, 1.82) is 0 Å². The van der Waals surface area contributed by atoms with Crippen molar-refractivity contribution >= 4 is 5.82 Å². The summed E-state index contributed by atoms with van der Waals surface area (Å²) in [5.41, 5.74) is 10.2. The maximum atomic E-state index is 10.6. The van der Waals surface area contributed by atoms with E-state index in [1.54, 1.807) is 0 Å². The van der Waals surface area contributed by atoms with Gasteiger partial charge < -0.3 is 16.5 Å². The number of nitrogen functional groups attached to an aromatic ring is 1. The molecule has 0 atom stereocenters. The van der Waals surface area contributed by atoms with Gasteiger partial charge in [0.25, 0.3) is 5.56 Å². The lowest BCUT2D eigenvalue weighted by Gasteiger charge is -1.94. The molecule has 0 saturated heterocycles.